The van der Waals surface area contributed by atoms with Gasteiger partial charge in [-0.05, 0) is 48.4 Å². The Morgan fingerprint density at radius 2 is 1.86 bits per heavy atom. The molecule has 0 saturated carbocycles. The standard InChI is InChI=1S/C23H21FN2O2/c24-17-7-4-8-18(13-17)28-23(15-5-2-1-3-6-15)22-20(27)10-9-19-21(22)16(11-12-25)14-26-19/h1-10,13-14,23,26-27H,11-12,25H2. The van der Waals surface area contributed by atoms with Crippen molar-refractivity contribution in [1.29, 1.82) is 0 Å². The molecule has 4 N–H and O–H groups in total. The number of ether oxygens (including phenoxy) is 1. The van der Waals surface area contributed by atoms with Crippen molar-refractivity contribution in [2.24, 2.45) is 5.73 Å². The van der Waals surface area contributed by atoms with Gasteiger partial charge in [-0.25, -0.2) is 4.39 Å². The van der Waals surface area contributed by atoms with Crippen molar-refractivity contribution in [2.75, 3.05) is 6.54 Å². The molecule has 3 aromatic carbocycles. The zero-order valence-electron chi connectivity index (χ0n) is 15.2. The van der Waals surface area contributed by atoms with E-state index in [1.807, 2.05) is 42.6 Å². The van der Waals surface area contributed by atoms with E-state index >= 15 is 0 Å². The molecular formula is C23H21FN2O2. The number of rotatable bonds is 6. The summed E-state index contributed by atoms with van der Waals surface area (Å²) in [4.78, 5) is 3.24. The van der Waals surface area contributed by atoms with Crippen molar-refractivity contribution in [1.82, 2.24) is 4.98 Å². The van der Waals surface area contributed by atoms with Crippen molar-refractivity contribution < 1.29 is 14.2 Å². The van der Waals surface area contributed by atoms with Crippen LogP contribution in [0.5, 0.6) is 11.5 Å². The minimum absolute atomic E-state index is 0.121. The van der Waals surface area contributed by atoms with E-state index in [0.29, 0.717) is 24.3 Å². The Morgan fingerprint density at radius 3 is 2.61 bits per heavy atom. The van der Waals surface area contributed by atoms with Crippen LogP contribution in [-0.2, 0) is 6.42 Å². The van der Waals surface area contributed by atoms with E-state index < -0.39 is 6.10 Å². The van der Waals surface area contributed by atoms with Gasteiger partial charge in [0, 0.05) is 28.7 Å². The van der Waals surface area contributed by atoms with Crippen molar-refractivity contribution in [3.63, 3.8) is 0 Å². The number of aromatic nitrogens is 1. The van der Waals surface area contributed by atoms with Gasteiger partial charge in [-0.2, -0.15) is 0 Å². The minimum Gasteiger partial charge on any atom is -0.507 e. The second kappa shape index (κ2) is 7.74. The lowest BCUT2D eigenvalue weighted by atomic mass is 9.94. The minimum atomic E-state index is -0.612. The molecule has 1 heterocycles. The second-order valence-electron chi connectivity index (χ2n) is 6.64. The lowest BCUT2D eigenvalue weighted by molar-refractivity contribution is 0.242. The number of nitrogens with two attached hydrogens (primary N) is 1. The number of H-pyrrole nitrogens is 1. The topological polar surface area (TPSA) is 71.3 Å². The quantitative estimate of drug-likeness (QED) is 0.457. The molecule has 1 unspecified atom stereocenters. The third-order valence-electron chi connectivity index (χ3n) is 4.77. The Kier molecular flexibility index (Phi) is 5.00. The normalized spacial score (nSPS) is 12.2. The Morgan fingerprint density at radius 1 is 1.04 bits per heavy atom. The SMILES string of the molecule is NCCc1c[nH]c2ccc(O)c(C(Oc3cccc(F)c3)c3ccccc3)c12. The van der Waals surface area contributed by atoms with Crippen LogP contribution in [0.15, 0.2) is 72.9 Å². The third kappa shape index (κ3) is 3.44. The van der Waals surface area contributed by atoms with E-state index in [1.165, 1.54) is 12.1 Å². The fraction of sp³-hybridized carbons (Fsp3) is 0.130. The monoisotopic (exact) mass is 376 g/mol. The van der Waals surface area contributed by atoms with Gasteiger partial charge in [0.25, 0.3) is 0 Å². The summed E-state index contributed by atoms with van der Waals surface area (Å²) in [6.45, 7) is 0.489. The number of benzene rings is 3. The van der Waals surface area contributed by atoms with E-state index in [4.69, 9.17) is 10.5 Å². The van der Waals surface area contributed by atoms with Gasteiger partial charge >= 0.3 is 0 Å². The van der Waals surface area contributed by atoms with Gasteiger partial charge in [0.1, 0.15) is 17.3 Å². The van der Waals surface area contributed by atoms with E-state index in [-0.39, 0.29) is 11.6 Å². The molecule has 0 spiro atoms. The summed E-state index contributed by atoms with van der Waals surface area (Å²) in [7, 11) is 0. The molecule has 4 rings (SSSR count). The zero-order chi connectivity index (χ0) is 19.5. The molecule has 1 aromatic heterocycles. The Hall–Kier alpha value is -3.31. The highest BCUT2D eigenvalue weighted by Crippen LogP contribution is 2.40. The van der Waals surface area contributed by atoms with Crippen LogP contribution in [0.2, 0.25) is 0 Å². The largest absolute Gasteiger partial charge is 0.507 e. The number of nitrogens with one attached hydrogen (secondary N) is 1. The fourth-order valence-electron chi connectivity index (χ4n) is 3.53. The first-order valence-corrected chi connectivity index (χ1v) is 9.16. The number of phenols is 1. The number of fused-ring (bicyclic) bond motifs is 1. The van der Waals surface area contributed by atoms with Gasteiger partial charge < -0.3 is 20.6 Å². The van der Waals surface area contributed by atoms with Crippen LogP contribution < -0.4 is 10.5 Å². The smallest absolute Gasteiger partial charge is 0.153 e. The van der Waals surface area contributed by atoms with Gasteiger partial charge in [-0.3, -0.25) is 0 Å². The highest BCUT2D eigenvalue weighted by molar-refractivity contribution is 5.89. The molecule has 0 amide bonds. The predicted octanol–water partition coefficient (Wildman–Crippen LogP) is 4.68. The molecule has 142 valence electrons. The van der Waals surface area contributed by atoms with Crippen molar-refractivity contribution in [2.45, 2.75) is 12.5 Å². The molecule has 0 bridgehead atoms. The van der Waals surface area contributed by atoms with Gasteiger partial charge in [0.05, 0.1) is 0 Å². The van der Waals surface area contributed by atoms with Crippen LogP contribution in [-0.4, -0.2) is 16.6 Å². The molecular weight excluding hydrogens is 355 g/mol. The third-order valence-corrected chi connectivity index (χ3v) is 4.77. The lowest BCUT2D eigenvalue weighted by Crippen LogP contribution is -2.11. The van der Waals surface area contributed by atoms with Gasteiger partial charge in [0.15, 0.2) is 6.10 Å². The lowest BCUT2D eigenvalue weighted by Gasteiger charge is -2.22. The van der Waals surface area contributed by atoms with Gasteiger partial charge in [0.2, 0.25) is 0 Å². The summed E-state index contributed by atoms with van der Waals surface area (Å²) in [6, 6.07) is 19.1. The van der Waals surface area contributed by atoms with E-state index in [9.17, 15) is 9.50 Å². The van der Waals surface area contributed by atoms with Crippen LogP contribution in [0.1, 0.15) is 22.8 Å². The summed E-state index contributed by atoms with van der Waals surface area (Å²) in [5.41, 5.74) is 9.17. The van der Waals surface area contributed by atoms with Crippen LogP contribution in [0.3, 0.4) is 0 Å². The number of aromatic hydroxyl groups is 1. The molecule has 5 heteroatoms. The molecule has 1 atom stereocenters. The van der Waals surface area contributed by atoms with Gasteiger partial charge in [-0.15, -0.1) is 0 Å². The number of halogens is 1. The van der Waals surface area contributed by atoms with Crippen molar-refractivity contribution >= 4 is 10.9 Å². The average Bonchev–Trinajstić information content (AvgIpc) is 3.11. The molecule has 4 aromatic rings. The summed E-state index contributed by atoms with van der Waals surface area (Å²) < 4.78 is 19.9. The maximum absolute atomic E-state index is 13.7. The number of hydrogen-bond donors (Lipinski definition) is 3. The fourth-order valence-corrected chi connectivity index (χ4v) is 3.53. The molecule has 0 radical (unpaired) electrons. The van der Waals surface area contributed by atoms with Crippen LogP contribution in [0, 0.1) is 5.82 Å². The Bertz CT molecular complexity index is 1090. The van der Waals surface area contributed by atoms with Crippen molar-refractivity contribution in [3.05, 3.63) is 95.4 Å². The highest BCUT2D eigenvalue weighted by Gasteiger charge is 2.24. The highest BCUT2D eigenvalue weighted by atomic mass is 19.1. The summed E-state index contributed by atoms with van der Waals surface area (Å²) in [6.07, 6.45) is 1.96. The average molecular weight is 376 g/mol. The molecule has 0 fully saturated rings. The molecule has 0 aliphatic carbocycles. The zero-order valence-corrected chi connectivity index (χ0v) is 15.2. The second-order valence-corrected chi connectivity index (χ2v) is 6.64. The van der Waals surface area contributed by atoms with E-state index in [1.54, 1.807) is 18.2 Å². The number of phenolic OH excluding ortho intramolecular Hbond substituents is 1. The maximum Gasteiger partial charge on any atom is 0.153 e. The summed E-state index contributed by atoms with van der Waals surface area (Å²) >= 11 is 0. The number of hydrogen-bond acceptors (Lipinski definition) is 3. The molecule has 0 aliphatic rings. The maximum atomic E-state index is 13.7. The van der Waals surface area contributed by atoms with E-state index in [2.05, 4.69) is 4.98 Å². The Labute approximate surface area is 162 Å². The Balaban J connectivity index is 1.92. The molecule has 0 aliphatic heterocycles. The predicted molar refractivity (Wildman–Crippen MR) is 108 cm³/mol. The molecule has 0 saturated heterocycles. The first-order chi connectivity index (χ1) is 13.7. The first kappa shape index (κ1) is 18.1. The van der Waals surface area contributed by atoms with E-state index in [0.717, 1.165) is 22.0 Å². The van der Waals surface area contributed by atoms with Crippen LogP contribution in [0.4, 0.5) is 4.39 Å². The van der Waals surface area contributed by atoms with Crippen LogP contribution in [0.25, 0.3) is 10.9 Å². The first-order valence-electron chi connectivity index (χ1n) is 9.16. The van der Waals surface area contributed by atoms with Gasteiger partial charge in [-0.1, -0.05) is 36.4 Å². The summed E-state index contributed by atoms with van der Waals surface area (Å²) in [5.74, 6) is 0.133. The number of aromatic amines is 1. The van der Waals surface area contributed by atoms with Crippen molar-refractivity contribution in [3.8, 4) is 11.5 Å². The summed E-state index contributed by atoms with van der Waals surface area (Å²) in [5, 5.41) is 11.7. The molecule has 28 heavy (non-hydrogen) atoms. The molecule has 4 nitrogen and oxygen atoms in total. The van der Waals surface area contributed by atoms with Crippen LogP contribution >= 0.6 is 0 Å².